The smallest absolute Gasteiger partial charge is 0.276 e. The Kier molecular flexibility index (Phi) is 4.08. The van der Waals surface area contributed by atoms with Gasteiger partial charge in [0.1, 0.15) is 5.69 Å². The first-order valence-corrected chi connectivity index (χ1v) is 7.28. The van der Waals surface area contributed by atoms with Gasteiger partial charge in [0.2, 0.25) is 0 Å². The van der Waals surface area contributed by atoms with Gasteiger partial charge in [-0.25, -0.2) is 9.07 Å². The highest BCUT2D eigenvalue weighted by molar-refractivity contribution is 6.30. The van der Waals surface area contributed by atoms with E-state index in [0.717, 1.165) is 6.42 Å². The van der Waals surface area contributed by atoms with Crippen molar-refractivity contribution < 1.29 is 14.3 Å². The summed E-state index contributed by atoms with van der Waals surface area (Å²) in [6.45, 7) is 0.839. The molecule has 1 aliphatic rings. The van der Waals surface area contributed by atoms with Gasteiger partial charge in [0.05, 0.1) is 17.3 Å². The highest BCUT2D eigenvalue weighted by atomic mass is 35.5. The van der Waals surface area contributed by atoms with Crippen molar-refractivity contribution in [2.45, 2.75) is 18.9 Å². The predicted molar refractivity (Wildman–Crippen MR) is 77.5 cm³/mol. The molecule has 6 nitrogen and oxygen atoms in total. The molecule has 1 aliphatic heterocycles. The first-order valence-electron chi connectivity index (χ1n) is 6.90. The van der Waals surface area contributed by atoms with Crippen LogP contribution in [0.15, 0.2) is 24.4 Å². The number of halogens is 2. The monoisotopic (exact) mass is 324 g/mol. The fourth-order valence-electron chi connectivity index (χ4n) is 2.45. The van der Waals surface area contributed by atoms with Gasteiger partial charge in [0.25, 0.3) is 5.91 Å². The molecule has 1 saturated heterocycles. The number of carbonyl (C=O) groups excluding carboxylic acids is 1. The number of amides is 1. The summed E-state index contributed by atoms with van der Waals surface area (Å²) in [5.41, 5.74) is 0.228. The Morgan fingerprint density at radius 2 is 2.27 bits per heavy atom. The van der Waals surface area contributed by atoms with E-state index in [0.29, 0.717) is 13.0 Å². The molecule has 0 aliphatic carbocycles. The van der Waals surface area contributed by atoms with Crippen LogP contribution in [-0.2, 0) is 0 Å². The Morgan fingerprint density at radius 3 is 3.05 bits per heavy atom. The average molecular weight is 325 g/mol. The Bertz CT molecular complexity index is 706. The van der Waals surface area contributed by atoms with E-state index in [1.807, 2.05) is 0 Å². The number of nitrogens with zero attached hydrogens (tertiary/aromatic N) is 4. The standard InChI is InChI=1S/C14H14ClFN4O2/c15-10-4-1-5-12(13(10)16)20-8-11(17-18-20)14(22)19-6-2-3-9(21)7-19/h1,4-5,8-9,21H,2-3,6-7H2. The second-order valence-electron chi connectivity index (χ2n) is 5.17. The molecular formula is C14H14ClFN4O2. The molecular weight excluding hydrogens is 311 g/mol. The van der Waals surface area contributed by atoms with E-state index in [1.165, 1.54) is 27.9 Å². The Morgan fingerprint density at radius 1 is 1.45 bits per heavy atom. The maximum absolute atomic E-state index is 14.0. The number of likely N-dealkylation sites (tertiary alicyclic amines) is 1. The first-order chi connectivity index (χ1) is 10.6. The normalized spacial score (nSPS) is 18.5. The Balaban J connectivity index is 1.84. The summed E-state index contributed by atoms with van der Waals surface area (Å²) in [6.07, 6.45) is 2.27. The van der Waals surface area contributed by atoms with Crippen LogP contribution in [0.25, 0.3) is 5.69 Å². The SMILES string of the molecule is O=C(c1cn(-c2cccc(Cl)c2F)nn1)N1CCCC(O)C1. The third-order valence-corrected chi connectivity index (χ3v) is 3.87. The average Bonchev–Trinajstić information content (AvgIpc) is 2.99. The summed E-state index contributed by atoms with van der Waals surface area (Å²) in [4.78, 5) is 13.8. The number of aliphatic hydroxyl groups is 1. The molecule has 3 rings (SSSR count). The third-order valence-electron chi connectivity index (χ3n) is 3.57. The van der Waals surface area contributed by atoms with Gasteiger partial charge in [-0.1, -0.05) is 22.9 Å². The summed E-state index contributed by atoms with van der Waals surface area (Å²) < 4.78 is 15.1. The lowest BCUT2D eigenvalue weighted by Crippen LogP contribution is -2.42. The molecule has 1 atom stereocenters. The molecule has 1 amide bonds. The van der Waals surface area contributed by atoms with Gasteiger partial charge in [-0.05, 0) is 25.0 Å². The summed E-state index contributed by atoms with van der Waals surface area (Å²) in [5.74, 6) is -0.950. The lowest BCUT2D eigenvalue weighted by molar-refractivity contribution is 0.0469. The van der Waals surface area contributed by atoms with Crippen LogP contribution in [-0.4, -0.2) is 50.1 Å². The molecule has 2 aromatic rings. The zero-order valence-corrected chi connectivity index (χ0v) is 12.4. The predicted octanol–water partition coefficient (Wildman–Crippen LogP) is 1.66. The van der Waals surface area contributed by atoms with Gasteiger partial charge in [-0.3, -0.25) is 4.79 Å². The van der Waals surface area contributed by atoms with Crippen LogP contribution in [0.2, 0.25) is 5.02 Å². The molecule has 1 N–H and O–H groups in total. The topological polar surface area (TPSA) is 71.2 Å². The van der Waals surface area contributed by atoms with E-state index in [4.69, 9.17) is 11.6 Å². The number of β-amino-alcohol motifs (C(OH)–C–C–N with tert-alkyl or cyclic N) is 1. The van der Waals surface area contributed by atoms with E-state index in [1.54, 1.807) is 6.07 Å². The minimum atomic E-state index is -0.624. The van der Waals surface area contributed by atoms with Crippen molar-refractivity contribution in [3.05, 3.63) is 40.9 Å². The largest absolute Gasteiger partial charge is 0.391 e. The van der Waals surface area contributed by atoms with Crippen LogP contribution >= 0.6 is 11.6 Å². The fourth-order valence-corrected chi connectivity index (χ4v) is 2.62. The van der Waals surface area contributed by atoms with Crippen molar-refractivity contribution in [3.63, 3.8) is 0 Å². The Labute approximate surface area is 131 Å². The minimum Gasteiger partial charge on any atom is -0.391 e. The van der Waals surface area contributed by atoms with E-state index in [9.17, 15) is 14.3 Å². The Hall–Kier alpha value is -1.99. The molecule has 8 heteroatoms. The maximum Gasteiger partial charge on any atom is 0.276 e. The van der Waals surface area contributed by atoms with Crippen LogP contribution in [0, 0.1) is 5.82 Å². The zero-order valence-electron chi connectivity index (χ0n) is 11.6. The van der Waals surface area contributed by atoms with Crippen LogP contribution in [0.4, 0.5) is 4.39 Å². The number of benzene rings is 1. The molecule has 22 heavy (non-hydrogen) atoms. The zero-order chi connectivity index (χ0) is 15.7. The lowest BCUT2D eigenvalue weighted by Gasteiger charge is -2.29. The van der Waals surface area contributed by atoms with Crippen molar-refractivity contribution in [1.29, 1.82) is 0 Å². The molecule has 1 aromatic heterocycles. The fraction of sp³-hybridized carbons (Fsp3) is 0.357. The number of rotatable bonds is 2. The van der Waals surface area contributed by atoms with Crippen molar-refractivity contribution in [2.24, 2.45) is 0 Å². The second kappa shape index (κ2) is 6.02. The number of aliphatic hydroxyl groups excluding tert-OH is 1. The molecule has 1 aromatic carbocycles. The molecule has 0 radical (unpaired) electrons. The van der Waals surface area contributed by atoms with Crippen molar-refractivity contribution >= 4 is 17.5 Å². The summed E-state index contributed by atoms with van der Waals surface area (Å²) in [6, 6.07) is 4.51. The van der Waals surface area contributed by atoms with Gasteiger partial charge in [0.15, 0.2) is 11.5 Å². The summed E-state index contributed by atoms with van der Waals surface area (Å²) in [7, 11) is 0. The van der Waals surface area contributed by atoms with Crippen LogP contribution in [0.3, 0.4) is 0 Å². The number of hydrogen-bond donors (Lipinski definition) is 1. The molecule has 0 spiro atoms. The van der Waals surface area contributed by atoms with E-state index >= 15 is 0 Å². The second-order valence-corrected chi connectivity index (χ2v) is 5.58. The van der Waals surface area contributed by atoms with E-state index in [-0.39, 0.29) is 28.9 Å². The summed E-state index contributed by atoms with van der Waals surface area (Å²) in [5, 5.41) is 17.2. The van der Waals surface area contributed by atoms with Gasteiger partial charge >= 0.3 is 0 Å². The summed E-state index contributed by atoms with van der Waals surface area (Å²) >= 11 is 5.73. The molecule has 0 bridgehead atoms. The molecule has 2 heterocycles. The number of carbonyl (C=O) groups is 1. The van der Waals surface area contributed by atoms with Gasteiger partial charge < -0.3 is 10.0 Å². The van der Waals surface area contributed by atoms with Crippen molar-refractivity contribution in [3.8, 4) is 5.69 Å². The highest BCUT2D eigenvalue weighted by Gasteiger charge is 2.25. The third kappa shape index (κ3) is 2.82. The highest BCUT2D eigenvalue weighted by Crippen LogP contribution is 2.21. The van der Waals surface area contributed by atoms with Crippen LogP contribution < -0.4 is 0 Å². The number of hydrogen-bond acceptors (Lipinski definition) is 4. The maximum atomic E-state index is 14.0. The van der Waals surface area contributed by atoms with Gasteiger partial charge in [0, 0.05) is 13.1 Å². The first kappa shape index (κ1) is 14.9. The molecule has 116 valence electrons. The number of piperidine rings is 1. The molecule has 1 unspecified atom stereocenters. The van der Waals surface area contributed by atoms with Crippen molar-refractivity contribution in [1.82, 2.24) is 19.9 Å². The molecule has 0 saturated carbocycles. The van der Waals surface area contributed by atoms with Crippen LogP contribution in [0.1, 0.15) is 23.3 Å². The van der Waals surface area contributed by atoms with E-state index in [2.05, 4.69) is 10.3 Å². The van der Waals surface area contributed by atoms with Crippen LogP contribution in [0.5, 0.6) is 0 Å². The van der Waals surface area contributed by atoms with Gasteiger partial charge in [-0.2, -0.15) is 0 Å². The lowest BCUT2D eigenvalue weighted by atomic mass is 10.1. The van der Waals surface area contributed by atoms with E-state index < -0.39 is 11.9 Å². The minimum absolute atomic E-state index is 0.0278. The quantitative estimate of drug-likeness (QED) is 0.912. The van der Waals surface area contributed by atoms with Gasteiger partial charge in [-0.15, -0.1) is 5.10 Å². The molecule has 1 fully saturated rings. The number of aromatic nitrogens is 3. The van der Waals surface area contributed by atoms with Crippen molar-refractivity contribution in [2.75, 3.05) is 13.1 Å².